The fourth-order valence-electron chi connectivity index (χ4n) is 4.15. The molecule has 0 heterocycles. The predicted molar refractivity (Wildman–Crippen MR) is 154 cm³/mol. The third-order valence-electron chi connectivity index (χ3n) is 6.49. The summed E-state index contributed by atoms with van der Waals surface area (Å²) in [6, 6.07) is 24.4. The van der Waals surface area contributed by atoms with Crippen LogP contribution in [0.15, 0.2) is 84.9 Å². The summed E-state index contributed by atoms with van der Waals surface area (Å²) in [6.07, 6.45) is 2.06. The number of rotatable bonds is 13. The van der Waals surface area contributed by atoms with Crippen LogP contribution in [0, 0.1) is 0 Å². The monoisotopic (exact) mass is 551 g/mol. The lowest BCUT2D eigenvalue weighted by Crippen LogP contribution is -2.54. The van der Waals surface area contributed by atoms with Gasteiger partial charge in [0.25, 0.3) is 0 Å². The van der Waals surface area contributed by atoms with Gasteiger partial charge in [0.05, 0.1) is 19.1 Å². The van der Waals surface area contributed by atoms with Crippen molar-refractivity contribution in [1.29, 1.82) is 0 Å². The van der Waals surface area contributed by atoms with Crippen molar-refractivity contribution in [1.82, 2.24) is 10.2 Å². The Hall–Kier alpha value is -3.85. The van der Waals surface area contributed by atoms with Crippen LogP contribution in [0.1, 0.15) is 31.4 Å². The van der Waals surface area contributed by atoms with Gasteiger partial charge in [-0.15, -0.1) is 0 Å². The zero-order valence-electron chi connectivity index (χ0n) is 22.9. The lowest BCUT2D eigenvalue weighted by molar-refractivity contribution is -0.140. The Morgan fingerprint density at radius 3 is 2.10 bits per heavy atom. The van der Waals surface area contributed by atoms with Gasteiger partial charge in [-0.05, 0) is 36.6 Å². The Morgan fingerprint density at radius 1 is 0.923 bits per heavy atom. The molecular weight excluding hydrogens is 514 g/mol. The van der Waals surface area contributed by atoms with Gasteiger partial charge in [0.2, 0.25) is 21.8 Å². The molecule has 0 radical (unpaired) electrons. The first kappa shape index (κ1) is 29.7. The topological polar surface area (TPSA) is 96.0 Å². The molecule has 3 aromatic rings. The minimum atomic E-state index is -3.84. The summed E-state index contributed by atoms with van der Waals surface area (Å²) in [5, 5.41) is 3.02. The average molecular weight is 552 g/mol. The second kappa shape index (κ2) is 13.8. The van der Waals surface area contributed by atoms with Gasteiger partial charge in [-0.1, -0.05) is 73.7 Å². The predicted octanol–water partition coefficient (Wildman–Crippen LogP) is 4.02. The molecule has 1 N–H and O–H groups in total. The Bertz CT molecular complexity index is 1330. The highest BCUT2D eigenvalue weighted by Crippen LogP contribution is 2.24. The first-order chi connectivity index (χ1) is 18.6. The van der Waals surface area contributed by atoms with Crippen LogP contribution in [-0.4, -0.2) is 57.1 Å². The molecule has 9 heteroatoms. The van der Waals surface area contributed by atoms with Crippen LogP contribution in [0.25, 0.3) is 0 Å². The van der Waals surface area contributed by atoms with E-state index in [4.69, 9.17) is 4.74 Å². The Labute approximate surface area is 231 Å². The lowest BCUT2D eigenvalue weighted by Gasteiger charge is -2.34. The average Bonchev–Trinajstić information content (AvgIpc) is 2.93. The number of hydrogen-bond acceptors (Lipinski definition) is 5. The summed E-state index contributed by atoms with van der Waals surface area (Å²) in [5.41, 5.74) is 2.02. The fraction of sp³-hybridized carbons (Fsp3) is 0.333. The molecule has 2 amide bonds. The molecule has 208 valence electrons. The molecule has 0 unspecified atom stereocenters. The van der Waals surface area contributed by atoms with Crippen LogP contribution in [0.5, 0.6) is 5.75 Å². The van der Waals surface area contributed by atoms with E-state index in [1.165, 1.54) is 12.0 Å². The Morgan fingerprint density at radius 2 is 1.54 bits per heavy atom. The van der Waals surface area contributed by atoms with E-state index >= 15 is 0 Å². The van der Waals surface area contributed by atoms with E-state index in [0.717, 1.165) is 28.1 Å². The molecule has 0 saturated heterocycles. The van der Waals surface area contributed by atoms with Crippen LogP contribution < -0.4 is 14.4 Å². The number of anilines is 1. The number of ether oxygens (including phenoxy) is 1. The number of sulfonamides is 1. The molecule has 8 nitrogen and oxygen atoms in total. The van der Waals surface area contributed by atoms with Gasteiger partial charge < -0.3 is 15.0 Å². The van der Waals surface area contributed by atoms with E-state index < -0.39 is 28.5 Å². The molecule has 0 fully saturated rings. The molecule has 0 aliphatic carbocycles. The van der Waals surface area contributed by atoms with Crippen molar-refractivity contribution < 1.29 is 22.7 Å². The maximum atomic E-state index is 14.0. The van der Waals surface area contributed by atoms with Crippen LogP contribution in [0.3, 0.4) is 0 Å². The lowest BCUT2D eigenvalue weighted by atomic mass is 10.0. The summed E-state index contributed by atoms with van der Waals surface area (Å²) in [6.45, 7) is 3.55. The number of nitrogens with one attached hydrogen (secondary N) is 1. The van der Waals surface area contributed by atoms with E-state index in [-0.39, 0.29) is 24.9 Å². The molecule has 0 bridgehead atoms. The van der Waals surface area contributed by atoms with Gasteiger partial charge in [0.15, 0.2) is 0 Å². The summed E-state index contributed by atoms with van der Waals surface area (Å²) >= 11 is 0. The van der Waals surface area contributed by atoms with Crippen LogP contribution in [-0.2, 0) is 32.6 Å². The Balaban J connectivity index is 2.04. The number of hydrogen-bond donors (Lipinski definition) is 1. The van der Waals surface area contributed by atoms with Gasteiger partial charge in [-0.25, -0.2) is 8.42 Å². The highest BCUT2D eigenvalue weighted by atomic mass is 32.2. The quantitative estimate of drug-likeness (QED) is 0.346. The van der Waals surface area contributed by atoms with Crippen molar-refractivity contribution in [2.45, 2.75) is 45.3 Å². The minimum Gasteiger partial charge on any atom is -0.497 e. The SMILES string of the molecule is CC[C@@H](C)NC(=O)[C@@H](Cc1ccccc1)N(Cc1ccccc1)C(=O)CN(c1cccc(OC)c1)S(C)(=O)=O. The summed E-state index contributed by atoms with van der Waals surface area (Å²) in [7, 11) is -2.36. The van der Waals surface area contributed by atoms with Crippen molar-refractivity contribution in [2.24, 2.45) is 0 Å². The van der Waals surface area contributed by atoms with E-state index in [2.05, 4.69) is 5.32 Å². The summed E-state index contributed by atoms with van der Waals surface area (Å²) in [4.78, 5) is 29.2. The van der Waals surface area contributed by atoms with E-state index in [0.29, 0.717) is 11.4 Å². The molecule has 0 aromatic heterocycles. The first-order valence-electron chi connectivity index (χ1n) is 12.9. The number of carbonyl (C=O) groups is 2. The molecule has 3 rings (SSSR count). The zero-order chi connectivity index (χ0) is 28.4. The maximum absolute atomic E-state index is 14.0. The van der Waals surface area contributed by atoms with Crippen LogP contribution >= 0.6 is 0 Å². The molecule has 0 aliphatic rings. The van der Waals surface area contributed by atoms with Crippen LogP contribution in [0.4, 0.5) is 5.69 Å². The summed E-state index contributed by atoms with van der Waals surface area (Å²) in [5.74, 6) is -0.318. The fourth-order valence-corrected chi connectivity index (χ4v) is 5.00. The standard InChI is InChI=1S/C30H37N3O5S/c1-5-23(2)31-30(35)28(19-24-13-8-6-9-14-24)32(21-25-15-10-7-11-16-25)29(34)22-33(39(4,36)37)26-17-12-18-27(20-26)38-3/h6-18,20,23,28H,5,19,21-22H2,1-4H3,(H,31,35)/t23-,28-/m1/s1. The zero-order valence-corrected chi connectivity index (χ0v) is 23.7. The van der Waals surface area contributed by atoms with Gasteiger partial charge in [-0.2, -0.15) is 0 Å². The van der Waals surface area contributed by atoms with Crippen LogP contribution in [0.2, 0.25) is 0 Å². The number of methoxy groups -OCH3 is 1. The number of amides is 2. The normalized spacial score (nSPS) is 12.7. The largest absolute Gasteiger partial charge is 0.497 e. The second-order valence-electron chi connectivity index (χ2n) is 9.50. The smallest absolute Gasteiger partial charge is 0.244 e. The van der Waals surface area contributed by atoms with Crippen molar-refractivity contribution >= 4 is 27.5 Å². The molecular formula is C30H37N3O5S. The minimum absolute atomic E-state index is 0.0891. The third-order valence-corrected chi connectivity index (χ3v) is 7.63. The second-order valence-corrected chi connectivity index (χ2v) is 11.4. The number of nitrogens with zero attached hydrogens (tertiary/aromatic N) is 2. The highest BCUT2D eigenvalue weighted by Gasteiger charge is 2.33. The molecule has 2 atom stereocenters. The maximum Gasteiger partial charge on any atom is 0.244 e. The molecule has 0 saturated carbocycles. The van der Waals surface area contributed by atoms with Crippen molar-refractivity contribution in [3.8, 4) is 5.75 Å². The highest BCUT2D eigenvalue weighted by molar-refractivity contribution is 7.92. The first-order valence-corrected chi connectivity index (χ1v) is 14.8. The van der Waals surface area contributed by atoms with E-state index in [1.807, 2.05) is 74.5 Å². The van der Waals surface area contributed by atoms with Gasteiger partial charge in [0, 0.05) is 25.1 Å². The van der Waals surface area contributed by atoms with Gasteiger partial charge in [-0.3, -0.25) is 13.9 Å². The van der Waals surface area contributed by atoms with Crippen molar-refractivity contribution in [3.05, 3.63) is 96.1 Å². The molecule has 0 aliphatic heterocycles. The van der Waals surface area contributed by atoms with Gasteiger partial charge >= 0.3 is 0 Å². The van der Waals surface area contributed by atoms with Gasteiger partial charge in [0.1, 0.15) is 18.3 Å². The number of benzene rings is 3. The molecule has 39 heavy (non-hydrogen) atoms. The van der Waals surface area contributed by atoms with Crippen molar-refractivity contribution in [3.63, 3.8) is 0 Å². The summed E-state index contributed by atoms with van der Waals surface area (Å²) < 4.78 is 32.0. The molecule has 0 spiro atoms. The number of carbonyl (C=O) groups excluding carboxylic acids is 2. The van der Waals surface area contributed by atoms with E-state index in [1.54, 1.807) is 24.3 Å². The van der Waals surface area contributed by atoms with E-state index in [9.17, 15) is 18.0 Å². The Kier molecular flexibility index (Phi) is 10.5. The van der Waals surface area contributed by atoms with Crippen molar-refractivity contribution in [2.75, 3.05) is 24.2 Å². The third kappa shape index (κ3) is 8.58. The molecule has 3 aromatic carbocycles.